The molecular formula is C19H14N4O3S. The molecule has 0 saturated heterocycles. The molecule has 27 heavy (non-hydrogen) atoms. The Bertz CT molecular complexity index is 1160. The van der Waals surface area contributed by atoms with Crippen LogP contribution in [-0.4, -0.2) is 19.9 Å². The first kappa shape index (κ1) is 17.0. The molecular weight excluding hydrogens is 364 g/mol. The molecule has 0 aliphatic carbocycles. The second-order valence-corrected chi connectivity index (χ2v) is 6.76. The molecule has 8 heteroatoms. The Morgan fingerprint density at radius 2 is 1.81 bits per heavy atom. The summed E-state index contributed by atoms with van der Waals surface area (Å²) in [4.78, 5) is 24.4. The molecule has 0 bridgehead atoms. The third kappa shape index (κ3) is 3.22. The zero-order chi connectivity index (χ0) is 19.0. The number of fused-ring (bicyclic) bond motifs is 1. The Morgan fingerprint density at radius 1 is 1.04 bits per heavy atom. The number of aromatic nitrogens is 3. The number of thiophene rings is 1. The minimum Gasteiger partial charge on any atom is -0.429 e. The summed E-state index contributed by atoms with van der Waals surface area (Å²) in [5.41, 5.74) is 2.46. The monoisotopic (exact) mass is 378 g/mol. The summed E-state index contributed by atoms with van der Waals surface area (Å²) in [6.07, 6.45) is 0. The predicted octanol–water partition coefficient (Wildman–Crippen LogP) is 5.07. The Labute approximate surface area is 158 Å². The van der Waals surface area contributed by atoms with Crippen LogP contribution in [0.5, 0.6) is 11.6 Å². The maximum atomic E-state index is 11.4. The Hall–Kier alpha value is -3.39. The van der Waals surface area contributed by atoms with E-state index in [-0.39, 0.29) is 17.4 Å². The molecule has 0 atom stereocenters. The molecule has 134 valence electrons. The zero-order valence-corrected chi connectivity index (χ0v) is 15.4. The Morgan fingerprint density at radius 3 is 2.56 bits per heavy atom. The summed E-state index contributed by atoms with van der Waals surface area (Å²) in [5, 5.41) is 14.1. The van der Waals surface area contributed by atoms with E-state index >= 15 is 0 Å². The van der Waals surface area contributed by atoms with E-state index in [4.69, 9.17) is 4.74 Å². The van der Waals surface area contributed by atoms with E-state index in [0.29, 0.717) is 11.5 Å². The summed E-state index contributed by atoms with van der Waals surface area (Å²) in [6.45, 7) is 3.45. The number of benzene rings is 1. The SMILES string of the molecule is Cc1ccc(Oc2nc(C)nc3scc(-c4ccccc4)c23)c([N+](=O)[O-])n1. The Kier molecular flexibility index (Phi) is 4.25. The van der Waals surface area contributed by atoms with Crippen LogP contribution >= 0.6 is 11.3 Å². The number of nitro groups is 1. The van der Waals surface area contributed by atoms with E-state index in [1.807, 2.05) is 35.7 Å². The molecule has 0 aliphatic heterocycles. The molecule has 0 aliphatic rings. The molecule has 7 nitrogen and oxygen atoms in total. The molecule has 0 N–H and O–H groups in total. The van der Waals surface area contributed by atoms with Gasteiger partial charge in [-0.05, 0) is 34.5 Å². The van der Waals surface area contributed by atoms with Crippen LogP contribution in [-0.2, 0) is 0 Å². The van der Waals surface area contributed by atoms with Crippen LogP contribution in [0.4, 0.5) is 5.82 Å². The zero-order valence-electron chi connectivity index (χ0n) is 14.5. The van der Waals surface area contributed by atoms with Gasteiger partial charge in [0.15, 0.2) is 0 Å². The molecule has 4 rings (SSSR count). The number of aryl methyl sites for hydroxylation is 2. The van der Waals surface area contributed by atoms with Crippen molar-refractivity contribution < 1.29 is 9.66 Å². The van der Waals surface area contributed by atoms with Gasteiger partial charge in [0.05, 0.1) is 5.39 Å². The van der Waals surface area contributed by atoms with Crippen molar-refractivity contribution in [2.75, 3.05) is 0 Å². The number of rotatable bonds is 4. The van der Waals surface area contributed by atoms with Crippen LogP contribution in [0.1, 0.15) is 11.5 Å². The lowest BCUT2D eigenvalue weighted by Crippen LogP contribution is -2.00. The highest BCUT2D eigenvalue weighted by molar-refractivity contribution is 7.17. The number of pyridine rings is 1. The fourth-order valence-electron chi connectivity index (χ4n) is 2.76. The van der Waals surface area contributed by atoms with Gasteiger partial charge < -0.3 is 14.9 Å². The molecule has 3 aromatic heterocycles. The van der Waals surface area contributed by atoms with Crippen LogP contribution in [0.15, 0.2) is 47.8 Å². The topological polar surface area (TPSA) is 91.0 Å². The van der Waals surface area contributed by atoms with Crippen molar-refractivity contribution in [1.82, 2.24) is 15.0 Å². The number of hydrogen-bond acceptors (Lipinski definition) is 7. The molecule has 0 unspecified atom stereocenters. The number of ether oxygens (including phenoxy) is 1. The number of nitrogens with zero attached hydrogens (tertiary/aromatic N) is 4. The van der Waals surface area contributed by atoms with E-state index in [2.05, 4.69) is 15.0 Å². The minimum absolute atomic E-state index is 0.0511. The van der Waals surface area contributed by atoms with Crippen molar-refractivity contribution in [1.29, 1.82) is 0 Å². The van der Waals surface area contributed by atoms with Gasteiger partial charge in [-0.3, -0.25) is 0 Å². The van der Waals surface area contributed by atoms with E-state index in [1.165, 1.54) is 17.4 Å². The highest BCUT2D eigenvalue weighted by Crippen LogP contribution is 2.40. The summed E-state index contributed by atoms with van der Waals surface area (Å²) in [5.74, 6) is 0.527. The van der Waals surface area contributed by atoms with E-state index in [9.17, 15) is 10.1 Å². The fraction of sp³-hybridized carbons (Fsp3) is 0.105. The highest BCUT2D eigenvalue weighted by Gasteiger charge is 2.22. The first-order valence-electron chi connectivity index (χ1n) is 8.14. The third-order valence-corrected chi connectivity index (χ3v) is 4.83. The molecule has 0 fully saturated rings. The van der Waals surface area contributed by atoms with Crippen molar-refractivity contribution in [2.24, 2.45) is 0 Å². The summed E-state index contributed by atoms with van der Waals surface area (Å²) in [6, 6.07) is 13.0. The molecule has 0 spiro atoms. The van der Waals surface area contributed by atoms with Gasteiger partial charge in [0.25, 0.3) is 0 Å². The van der Waals surface area contributed by atoms with Crippen molar-refractivity contribution in [3.63, 3.8) is 0 Å². The minimum atomic E-state index is -0.556. The molecule has 0 radical (unpaired) electrons. The van der Waals surface area contributed by atoms with Gasteiger partial charge in [-0.15, -0.1) is 11.3 Å². The normalized spacial score (nSPS) is 10.9. The van der Waals surface area contributed by atoms with E-state index in [0.717, 1.165) is 21.3 Å². The predicted molar refractivity (Wildman–Crippen MR) is 103 cm³/mol. The smallest absolute Gasteiger partial charge is 0.407 e. The average Bonchev–Trinajstić information content (AvgIpc) is 3.07. The highest BCUT2D eigenvalue weighted by atomic mass is 32.1. The van der Waals surface area contributed by atoms with Crippen LogP contribution in [0, 0.1) is 24.0 Å². The van der Waals surface area contributed by atoms with E-state index < -0.39 is 4.92 Å². The maximum absolute atomic E-state index is 11.4. The molecule has 0 amide bonds. The molecule has 0 saturated carbocycles. The standard InChI is InChI=1S/C19H14N4O3S/c1-11-8-9-15(17(20-11)23(24)25)26-18-16-14(13-6-4-3-5-7-13)10-27-19(16)22-12(2)21-18/h3-10H,1-2H3. The van der Waals surface area contributed by atoms with Gasteiger partial charge in [0.1, 0.15) is 16.3 Å². The van der Waals surface area contributed by atoms with Gasteiger partial charge in [0, 0.05) is 17.9 Å². The van der Waals surface area contributed by atoms with Crippen molar-refractivity contribution >= 4 is 27.4 Å². The lowest BCUT2D eigenvalue weighted by molar-refractivity contribution is -0.390. The van der Waals surface area contributed by atoms with Gasteiger partial charge in [-0.2, -0.15) is 4.98 Å². The fourth-order valence-corrected chi connectivity index (χ4v) is 3.74. The Balaban J connectivity index is 1.90. The van der Waals surface area contributed by atoms with E-state index in [1.54, 1.807) is 19.9 Å². The molecule has 4 aromatic rings. The van der Waals surface area contributed by atoms with Crippen LogP contribution in [0.2, 0.25) is 0 Å². The summed E-state index contributed by atoms with van der Waals surface area (Å²) < 4.78 is 5.89. The van der Waals surface area contributed by atoms with Crippen LogP contribution in [0.3, 0.4) is 0 Å². The lowest BCUT2D eigenvalue weighted by atomic mass is 10.1. The summed E-state index contributed by atoms with van der Waals surface area (Å²) in [7, 11) is 0. The van der Waals surface area contributed by atoms with Gasteiger partial charge >= 0.3 is 5.82 Å². The largest absolute Gasteiger partial charge is 0.429 e. The first-order chi connectivity index (χ1) is 13.0. The van der Waals surface area contributed by atoms with Gasteiger partial charge in [0.2, 0.25) is 11.6 Å². The van der Waals surface area contributed by atoms with Gasteiger partial charge in [-0.1, -0.05) is 30.3 Å². The average molecular weight is 378 g/mol. The van der Waals surface area contributed by atoms with Gasteiger partial charge in [-0.25, -0.2) is 4.98 Å². The molecule has 1 aromatic carbocycles. The second kappa shape index (κ2) is 6.73. The van der Waals surface area contributed by atoms with Crippen molar-refractivity contribution in [3.05, 3.63) is 69.5 Å². The quantitative estimate of drug-likeness (QED) is 0.364. The number of hydrogen-bond donors (Lipinski definition) is 0. The van der Waals surface area contributed by atoms with Crippen LogP contribution in [0.25, 0.3) is 21.3 Å². The van der Waals surface area contributed by atoms with Crippen molar-refractivity contribution in [2.45, 2.75) is 13.8 Å². The third-order valence-electron chi connectivity index (χ3n) is 3.96. The van der Waals surface area contributed by atoms with Crippen LogP contribution < -0.4 is 4.74 Å². The first-order valence-corrected chi connectivity index (χ1v) is 9.02. The van der Waals surface area contributed by atoms with Crippen molar-refractivity contribution in [3.8, 4) is 22.8 Å². The summed E-state index contributed by atoms with van der Waals surface area (Å²) >= 11 is 1.48. The lowest BCUT2D eigenvalue weighted by Gasteiger charge is -2.09. The second-order valence-electron chi connectivity index (χ2n) is 5.91. The maximum Gasteiger partial charge on any atom is 0.407 e. The molecule has 3 heterocycles.